The first-order valence-corrected chi connectivity index (χ1v) is 4.56. The summed E-state index contributed by atoms with van der Waals surface area (Å²) in [5, 5.41) is 8.42. The monoisotopic (exact) mass is 210 g/mol. The molecule has 1 N–H and O–H groups in total. The van der Waals surface area contributed by atoms with Crippen molar-refractivity contribution in [2.24, 2.45) is 0 Å². The number of ether oxygens (including phenoxy) is 2. The summed E-state index contributed by atoms with van der Waals surface area (Å²) >= 11 is 0. The normalized spacial score (nSPS) is 10.0. The standard InChI is InChI=1S/C11H14O4/c1-8-3-4-10(14-2)9(5-8)6-15-7-11(12)13/h3-5H,6-7H2,1-2H3,(H,12,13). The summed E-state index contributed by atoms with van der Waals surface area (Å²) in [5.41, 5.74) is 1.95. The van der Waals surface area contributed by atoms with Crippen LogP contribution in [0.25, 0.3) is 0 Å². The summed E-state index contributed by atoms with van der Waals surface area (Å²) in [7, 11) is 1.57. The molecule has 0 spiro atoms. The number of aliphatic carboxylic acids is 1. The van der Waals surface area contributed by atoms with Crippen molar-refractivity contribution in [2.75, 3.05) is 13.7 Å². The third kappa shape index (κ3) is 3.59. The number of carboxylic acids is 1. The molecular weight excluding hydrogens is 196 g/mol. The van der Waals surface area contributed by atoms with Gasteiger partial charge < -0.3 is 14.6 Å². The lowest BCUT2D eigenvalue weighted by atomic mass is 10.1. The van der Waals surface area contributed by atoms with Crippen LogP contribution in [0.3, 0.4) is 0 Å². The first kappa shape index (κ1) is 11.5. The molecule has 0 fully saturated rings. The fourth-order valence-corrected chi connectivity index (χ4v) is 1.27. The smallest absolute Gasteiger partial charge is 0.329 e. The Kier molecular flexibility index (Phi) is 4.12. The highest BCUT2D eigenvalue weighted by Gasteiger charge is 2.04. The Morgan fingerprint density at radius 3 is 2.80 bits per heavy atom. The molecule has 4 heteroatoms. The molecule has 0 heterocycles. The second-order valence-electron chi connectivity index (χ2n) is 3.20. The van der Waals surface area contributed by atoms with Crippen LogP contribution in [-0.2, 0) is 16.1 Å². The van der Waals surface area contributed by atoms with Gasteiger partial charge >= 0.3 is 5.97 Å². The number of benzene rings is 1. The third-order valence-corrected chi connectivity index (χ3v) is 1.92. The van der Waals surface area contributed by atoms with Crippen LogP contribution in [0.2, 0.25) is 0 Å². The Balaban J connectivity index is 2.65. The summed E-state index contributed by atoms with van der Waals surface area (Å²) in [5.74, 6) is -0.257. The summed E-state index contributed by atoms with van der Waals surface area (Å²) in [6.45, 7) is 1.91. The molecule has 82 valence electrons. The van der Waals surface area contributed by atoms with Gasteiger partial charge in [0.1, 0.15) is 12.4 Å². The molecule has 0 unspecified atom stereocenters. The van der Waals surface area contributed by atoms with E-state index in [1.807, 2.05) is 25.1 Å². The van der Waals surface area contributed by atoms with E-state index < -0.39 is 5.97 Å². The van der Waals surface area contributed by atoms with Crippen molar-refractivity contribution in [3.05, 3.63) is 29.3 Å². The summed E-state index contributed by atoms with van der Waals surface area (Å²) in [6.07, 6.45) is 0. The molecule has 0 bridgehead atoms. The van der Waals surface area contributed by atoms with Gasteiger partial charge in [-0.3, -0.25) is 0 Å². The molecule has 0 aliphatic carbocycles. The maximum Gasteiger partial charge on any atom is 0.329 e. The number of rotatable bonds is 5. The predicted octanol–water partition coefficient (Wildman–Crippen LogP) is 1.60. The number of hydrogen-bond donors (Lipinski definition) is 1. The number of carboxylic acid groups (broad SMARTS) is 1. The van der Waals surface area contributed by atoms with Gasteiger partial charge in [-0.1, -0.05) is 17.7 Å². The van der Waals surface area contributed by atoms with Gasteiger partial charge in [-0.05, 0) is 13.0 Å². The Labute approximate surface area is 88.4 Å². The Bertz CT molecular complexity index is 346. The van der Waals surface area contributed by atoms with Gasteiger partial charge in [-0.2, -0.15) is 0 Å². The van der Waals surface area contributed by atoms with Crippen molar-refractivity contribution in [2.45, 2.75) is 13.5 Å². The molecule has 0 saturated carbocycles. The van der Waals surface area contributed by atoms with Crippen molar-refractivity contribution < 1.29 is 19.4 Å². The molecule has 0 aliphatic heterocycles. The quantitative estimate of drug-likeness (QED) is 0.802. The van der Waals surface area contributed by atoms with E-state index in [1.165, 1.54) is 0 Å². The van der Waals surface area contributed by atoms with Crippen LogP contribution >= 0.6 is 0 Å². The van der Waals surface area contributed by atoms with Crippen LogP contribution < -0.4 is 4.74 Å². The lowest BCUT2D eigenvalue weighted by Gasteiger charge is -2.09. The first-order chi connectivity index (χ1) is 7.13. The largest absolute Gasteiger partial charge is 0.496 e. The molecule has 15 heavy (non-hydrogen) atoms. The highest BCUT2D eigenvalue weighted by Crippen LogP contribution is 2.20. The van der Waals surface area contributed by atoms with E-state index in [2.05, 4.69) is 0 Å². The van der Waals surface area contributed by atoms with Crippen molar-refractivity contribution in [3.63, 3.8) is 0 Å². The average Bonchev–Trinajstić information content (AvgIpc) is 2.17. The highest BCUT2D eigenvalue weighted by molar-refractivity contribution is 5.68. The Morgan fingerprint density at radius 2 is 2.20 bits per heavy atom. The average molecular weight is 210 g/mol. The van der Waals surface area contributed by atoms with E-state index >= 15 is 0 Å². The number of hydrogen-bond acceptors (Lipinski definition) is 3. The summed E-state index contributed by atoms with van der Waals surface area (Å²) < 4.78 is 10.1. The topological polar surface area (TPSA) is 55.8 Å². The van der Waals surface area contributed by atoms with E-state index in [0.29, 0.717) is 5.75 Å². The van der Waals surface area contributed by atoms with E-state index in [9.17, 15) is 4.79 Å². The zero-order valence-electron chi connectivity index (χ0n) is 8.82. The van der Waals surface area contributed by atoms with Gasteiger partial charge in [0.2, 0.25) is 0 Å². The number of aryl methyl sites for hydroxylation is 1. The van der Waals surface area contributed by atoms with Gasteiger partial charge in [0.25, 0.3) is 0 Å². The maximum atomic E-state index is 10.3. The molecule has 1 aromatic rings. The molecule has 4 nitrogen and oxygen atoms in total. The van der Waals surface area contributed by atoms with Crippen LogP contribution in [-0.4, -0.2) is 24.8 Å². The van der Waals surface area contributed by atoms with Gasteiger partial charge in [-0.25, -0.2) is 4.79 Å². The van der Waals surface area contributed by atoms with Gasteiger partial charge in [-0.15, -0.1) is 0 Å². The van der Waals surface area contributed by atoms with Gasteiger partial charge in [0.05, 0.1) is 13.7 Å². The van der Waals surface area contributed by atoms with Crippen molar-refractivity contribution in [1.29, 1.82) is 0 Å². The minimum absolute atomic E-state index is 0.247. The molecule has 1 aromatic carbocycles. The number of methoxy groups -OCH3 is 1. The van der Waals surface area contributed by atoms with Gasteiger partial charge in [0, 0.05) is 5.56 Å². The van der Waals surface area contributed by atoms with E-state index in [-0.39, 0.29) is 13.2 Å². The first-order valence-electron chi connectivity index (χ1n) is 4.56. The molecule has 0 radical (unpaired) electrons. The van der Waals surface area contributed by atoms with Crippen LogP contribution in [0.15, 0.2) is 18.2 Å². The Morgan fingerprint density at radius 1 is 1.47 bits per heavy atom. The second kappa shape index (κ2) is 5.36. The van der Waals surface area contributed by atoms with Gasteiger partial charge in [0.15, 0.2) is 0 Å². The lowest BCUT2D eigenvalue weighted by Crippen LogP contribution is -2.07. The molecule has 0 saturated heterocycles. The zero-order valence-corrected chi connectivity index (χ0v) is 8.82. The zero-order chi connectivity index (χ0) is 11.3. The van der Waals surface area contributed by atoms with Crippen LogP contribution in [0, 0.1) is 6.92 Å². The van der Waals surface area contributed by atoms with E-state index in [0.717, 1.165) is 11.1 Å². The van der Waals surface area contributed by atoms with Crippen LogP contribution in [0.1, 0.15) is 11.1 Å². The molecule has 1 rings (SSSR count). The molecule has 0 amide bonds. The predicted molar refractivity (Wildman–Crippen MR) is 55.0 cm³/mol. The van der Waals surface area contributed by atoms with Crippen LogP contribution in [0.4, 0.5) is 0 Å². The third-order valence-electron chi connectivity index (χ3n) is 1.92. The lowest BCUT2D eigenvalue weighted by molar-refractivity contribution is -0.142. The van der Waals surface area contributed by atoms with Crippen molar-refractivity contribution >= 4 is 5.97 Å². The van der Waals surface area contributed by atoms with E-state index in [1.54, 1.807) is 7.11 Å². The highest BCUT2D eigenvalue weighted by atomic mass is 16.5. The molecule has 0 atom stereocenters. The minimum Gasteiger partial charge on any atom is -0.496 e. The van der Waals surface area contributed by atoms with E-state index in [4.69, 9.17) is 14.6 Å². The summed E-state index contributed by atoms with van der Waals surface area (Å²) in [4.78, 5) is 10.3. The summed E-state index contributed by atoms with van der Waals surface area (Å²) in [6, 6.07) is 5.69. The van der Waals surface area contributed by atoms with Crippen LogP contribution in [0.5, 0.6) is 5.75 Å². The number of carbonyl (C=O) groups is 1. The van der Waals surface area contributed by atoms with Crippen molar-refractivity contribution in [3.8, 4) is 5.75 Å². The fraction of sp³-hybridized carbons (Fsp3) is 0.364. The SMILES string of the molecule is COc1ccc(C)cc1COCC(=O)O. The molecular formula is C11H14O4. The van der Waals surface area contributed by atoms with Crippen molar-refractivity contribution in [1.82, 2.24) is 0 Å². The molecule has 0 aromatic heterocycles. The fourth-order valence-electron chi connectivity index (χ4n) is 1.27. The molecule has 0 aliphatic rings. The Hall–Kier alpha value is -1.55. The maximum absolute atomic E-state index is 10.3. The second-order valence-corrected chi connectivity index (χ2v) is 3.20. The minimum atomic E-state index is -0.971.